The molecule has 0 amide bonds. The molecule has 4 heteroatoms. The molecule has 0 aliphatic rings. The average Bonchev–Trinajstić information content (AvgIpc) is 2.12. The van der Waals surface area contributed by atoms with Crippen LogP contribution in [0.15, 0.2) is 30.5 Å². The van der Waals surface area contributed by atoms with E-state index in [-0.39, 0.29) is 22.8 Å². The SMILES string of the molecule is Oc1ccc(Cl)c2cccnc12.[Fe+2]. The fourth-order valence-electron chi connectivity index (χ4n) is 1.12. The van der Waals surface area contributed by atoms with Crippen molar-refractivity contribution in [2.24, 2.45) is 0 Å². The maximum atomic E-state index is 9.37. The summed E-state index contributed by atoms with van der Waals surface area (Å²) >= 11 is 5.88. The quantitative estimate of drug-likeness (QED) is 0.712. The molecule has 0 radical (unpaired) electrons. The molecule has 0 aliphatic carbocycles. The number of phenolic OH excluding ortho intramolecular Hbond substituents is 1. The molecule has 2 rings (SSSR count). The van der Waals surface area contributed by atoms with Crippen LogP contribution < -0.4 is 0 Å². The van der Waals surface area contributed by atoms with Gasteiger partial charge in [0.1, 0.15) is 11.3 Å². The predicted octanol–water partition coefficient (Wildman–Crippen LogP) is 2.59. The first-order valence-electron chi connectivity index (χ1n) is 3.51. The first-order valence-corrected chi connectivity index (χ1v) is 3.89. The van der Waals surface area contributed by atoms with Crippen LogP contribution in [0.1, 0.15) is 0 Å². The van der Waals surface area contributed by atoms with E-state index in [1.165, 1.54) is 6.07 Å². The number of hydrogen-bond donors (Lipinski definition) is 1. The monoisotopic (exact) mass is 235 g/mol. The Morgan fingerprint density at radius 2 is 2.00 bits per heavy atom. The van der Waals surface area contributed by atoms with E-state index >= 15 is 0 Å². The zero-order valence-electron chi connectivity index (χ0n) is 6.51. The van der Waals surface area contributed by atoms with Gasteiger partial charge in [0.2, 0.25) is 0 Å². The first kappa shape index (κ1) is 10.3. The molecule has 0 aliphatic heterocycles. The van der Waals surface area contributed by atoms with Crippen LogP contribution in [0.25, 0.3) is 10.9 Å². The van der Waals surface area contributed by atoms with Gasteiger partial charge in [-0.15, -0.1) is 0 Å². The molecule has 0 unspecified atom stereocenters. The molecule has 0 bridgehead atoms. The number of hydrogen-bond acceptors (Lipinski definition) is 2. The summed E-state index contributed by atoms with van der Waals surface area (Å²) in [7, 11) is 0. The molecular weight excluding hydrogens is 229 g/mol. The summed E-state index contributed by atoms with van der Waals surface area (Å²) in [5, 5.41) is 10.8. The minimum atomic E-state index is 0. The van der Waals surface area contributed by atoms with Crippen molar-refractivity contribution >= 4 is 22.5 Å². The van der Waals surface area contributed by atoms with Crippen LogP contribution in [-0.2, 0) is 17.1 Å². The van der Waals surface area contributed by atoms with Crippen molar-refractivity contribution in [1.82, 2.24) is 4.98 Å². The number of phenols is 1. The van der Waals surface area contributed by atoms with Crippen LogP contribution in [0.2, 0.25) is 5.02 Å². The van der Waals surface area contributed by atoms with Crippen LogP contribution in [0.3, 0.4) is 0 Å². The fraction of sp³-hybridized carbons (Fsp3) is 0. The molecule has 1 heterocycles. The first-order chi connectivity index (χ1) is 5.79. The van der Waals surface area contributed by atoms with Gasteiger partial charge in [0.05, 0.1) is 5.02 Å². The maximum Gasteiger partial charge on any atom is 2.00 e. The van der Waals surface area contributed by atoms with Crippen molar-refractivity contribution < 1.29 is 22.2 Å². The standard InChI is InChI=1S/C9H6ClNO.Fe/c10-7-3-4-8(12)9-6(7)2-1-5-11-9;/h1-5,12H;/q;+2. The van der Waals surface area contributed by atoms with Gasteiger partial charge in [-0.1, -0.05) is 11.6 Å². The van der Waals surface area contributed by atoms with Crippen molar-refractivity contribution in [3.8, 4) is 5.75 Å². The molecule has 1 aromatic heterocycles. The van der Waals surface area contributed by atoms with Gasteiger partial charge in [-0.05, 0) is 24.3 Å². The Bertz CT molecular complexity index is 392. The average molecular weight is 235 g/mol. The summed E-state index contributed by atoms with van der Waals surface area (Å²) in [6.07, 6.45) is 1.62. The van der Waals surface area contributed by atoms with E-state index in [1.807, 2.05) is 6.07 Å². The summed E-state index contributed by atoms with van der Waals surface area (Å²) in [6.45, 7) is 0. The smallest absolute Gasteiger partial charge is 0.506 e. The Labute approximate surface area is 91.0 Å². The van der Waals surface area contributed by atoms with Gasteiger partial charge in [0, 0.05) is 11.6 Å². The molecule has 2 aromatic rings. The van der Waals surface area contributed by atoms with Crippen LogP contribution in [0.4, 0.5) is 0 Å². The number of benzene rings is 1. The third-order valence-corrected chi connectivity index (χ3v) is 2.02. The predicted molar refractivity (Wildman–Crippen MR) is 48.4 cm³/mol. The number of halogens is 1. The zero-order chi connectivity index (χ0) is 8.55. The van der Waals surface area contributed by atoms with Crippen molar-refractivity contribution in [2.45, 2.75) is 0 Å². The molecule has 0 spiro atoms. The minimum absolute atomic E-state index is 0. The summed E-state index contributed by atoms with van der Waals surface area (Å²) in [6, 6.07) is 6.80. The van der Waals surface area contributed by atoms with Gasteiger partial charge in [-0.2, -0.15) is 0 Å². The number of rotatable bonds is 0. The van der Waals surface area contributed by atoms with Crippen molar-refractivity contribution in [1.29, 1.82) is 0 Å². The molecule has 0 fully saturated rings. The van der Waals surface area contributed by atoms with E-state index in [4.69, 9.17) is 11.6 Å². The molecule has 2 nitrogen and oxygen atoms in total. The van der Waals surface area contributed by atoms with E-state index in [0.29, 0.717) is 10.5 Å². The Balaban J connectivity index is 0.000000845. The molecular formula is C9H6ClFeNO+2. The molecule has 13 heavy (non-hydrogen) atoms. The van der Waals surface area contributed by atoms with Gasteiger partial charge >= 0.3 is 17.1 Å². The van der Waals surface area contributed by atoms with Crippen molar-refractivity contribution in [3.05, 3.63) is 35.5 Å². The molecule has 1 N–H and O–H groups in total. The van der Waals surface area contributed by atoms with Crippen LogP contribution in [-0.4, -0.2) is 10.1 Å². The number of pyridine rings is 1. The van der Waals surface area contributed by atoms with E-state index in [9.17, 15) is 5.11 Å². The molecule has 66 valence electrons. The van der Waals surface area contributed by atoms with Gasteiger partial charge in [0.15, 0.2) is 0 Å². The molecule has 0 saturated heterocycles. The summed E-state index contributed by atoms with van der Waals surface area (Å²) in [4.78, 5) is 4.01. The van der Waals surface area contributed by atoms with Crippen LogP contribution in [0, 0.1) is 0 Å². The Morgan fingerprint density at radius 1 is 1.23 bits per heavy atom. The van der Waals surface area contributed by atoms with E-state index in [2.05, 4.69) is 4.98 Å². The van der Waals surface area contributed by atoms with Gasteiger partial charge in [-0.25, -0.2) is 0 Å². The van der Waals surface area contributed by atoms with E-state index < -0.39 is 0 Å². The van der Waals surface area contributed by atoms with E-state index in [1.54, 1.807) is 18.3 Å². The van der Waals surface area contributed by atoms with Gasteiger partial charge < -0.3 is 5.11 Å². The van der Waals surface area contributed by atoms with E-state index in [0.717, 1.165) is 5.39 Å². The summed E-state index contributed by atoms with van der Waals surface area (Å²) in [5.74, 6) is 0.162. The second-order valence-corrected chi connectivity index (χ2v) is 2.87. The van der Waals surface area contributed by atoms with Crippen molar-refractivity contribution in [2.75, 3.05) is 0 Å². The Kier molecular flexibility index (Phi) is 3.15. The normalized spacial score (nSPS) is 9.62. The summed E-state index contributed by atoms with van der Waals surface area (Å²) < 4.78 is 0. The largest absolute Gasteiger partial charge is 2.00 e. The van der Waals surface area contributed by atoms with Gasteiger partial charge in [0.25, 0.3) is 0 Å². The minimum Gasteiger partial charge on any atom is -0.506 e. The number of aromatic hydroxyl groups is 1. The maximum absolute atomic E-state index is 9.37. The molecule has 0 saturated carbocycles. The number of fused-ring (bicyclic) bond motifs is 1. The van der Waals surface area contributed by atoms with Crippen molar-refractivity contribution in [3.63, 3.8) is 0 Å². The van der Waals surface area contributed by atoms with Gasteiger partial charge in [-0.3, -0.25) is 4.98 Å². The zero-order valence-corrected chi connectivity index (χ0v) is 8.37. The molecule has 0 atom stereocenters. The topological polar surface area (TPSA) is 33.1 Å². The third-order valence-electron chi connectivity index (χ3n) is 1.70. The third kappa shape index (κ3) is 1.78. The number of nitrogens with zero attached hydrogens (tertiary/aromatic N) is 1. The molecule has 1 aromatic carbocycles. The van der Waals surface area contributed by atoms with Crippen LogP contribution >= 0.6 is 11.6 Å². The summed E-state index contributed by atoms with van der Waals surface area (Å²) in [5.41, 5.74) is 0.546. The second kappa shape index (κ2) is 3.97. The second-order valence-electron chi connectivity index (χ2n) is 2.47. The number of aromatic nitrogens is 1. The van der Waals surface area contributed by atoms with Crippen LogP contribution in [0.5, 0.6) is 5.75 Å². The fourth-order valence-corrected chi connectivity index (χ4v) is 1.34. The Morgan fingerprint density at radius 3 is 2.69 bits per heavy atom. The Hall–Kier alpha value is -0.761.